The second-order valence-corrected chi connectivity index (χ2v) is 4.66. The molecule has 5 heteroatoms. The lowest BCUT2D eigenvalue weighted by Crippen LogP contribution is -2.19. The zero-order chi connectivity index (χ0) is 13.1. The fourth-order valence-electron chi connectivity index (χ4n) is 1.65. The van der Waals surface area contributed by atoms with Crippen molar-refractivity contribution < 1.29 is 9.13 Å². The zero-order valence-electron chi connectivity index (χ0n) is 9.69. The van der Waals surface area contributed by atoms with Gasteiger partial charge in [0.1, 0.15) is 0 Å². The van der Waals surface area contributed by atoms with Gasteiger partial charge in [0.25, 0.3) is 5.56 Å². The topological polar surface area (TPSA) is 31.2 Å². The fourth-order valence-corrected chi connectivity index (χ4v) is 2.02. The van der Waals surface area contributed by atoms with Gasteiger partial charge in [-0.3, -0.25) is 4.79 Å². The second-order valence-electron chi connectivity index (χ2n) is 3.75. The van der Waals surface area contributed by atoms with Gasteiger partial charge in [0.05, 0.1) is 13.7 Å². The van der Waals surface area contributed by atoms with Crippen LogP contribution < -0.4 is 10.3 Å². The van der Waals surface area contributed by atoms with Crippen LogP contribution in [-0.2, 0) is 6.54 Å². The highest BCUT2D eigenvalue weighted by atomic mass is 79.9. The van der Waals surface area contributed by atoms with Crippen molar-refractivity contribution in [3.05, 3.63) is 62.7 Å². The summed E-state index contributed by atoms with van der Waals surface area (Å²) in [6.45, 7) is 0.168. The number of methoxy groups -OCH3 is 1. The molecule has 0 saturated heterocycles. The monoisotopic (exact) mass is 311 g/mol. The van der Waals surface area contributed by atoms with Gasteiger partial charge in [-0.15, -0.1) is 0 Å². The van der Waals surface area contributed by atoms with Crippen molar-refractivity contribution in [2.45, 2.75) is 6.54 Å². The zero-order valence-corrected chi connectivity index (χ0v) is 11.3. The van der Waals surface area contributed by atoms with Gasteiger partial charge in [0.2, 0.25) is 0 Å². The van der Waals surface area contributed by atoms with Gasteiger partial charge in [0, 0.05) is 22.3 Å². The second kappa shape index (κ2) is 5.35. The van der Waals surface area contributed by atoms with Crippen molar-refractivity contribution in [3.8, 4) is 5.75 Å². The molecule has 0 bridgehead atoms. The van der Waals surface area contributed by atoms with Crippen LogP contribution in [0.5, 0.6) is 5.75 Å². The Morgan fingerprint density at radius 1 is 1.33 bits per heavy atom. The van der Waals surface area contributed by atoms with Crippen molar-refractivity contribution in [1.29, 1.82) is 0 Å². The number of benzene rings is 1. The van der Waals surface area contributed by atoms with Crippen molar-refractivity contribution >= 4 is 15.9 Å². The molecule has 0 spiro atoms. The largest absolute Gasteiger partial charge is 0.494 e. The van der Waals surface area contributed by atoms with E-state index >= 15 is 0 Å². The maximum atomic E-state index is 13.9. The summed E-state index contributed by atoms with van der Waals surface area (Å²) in [5.74, 6) is -0.262. The molecular formula is C13H11BrFNO2. The highest BCUT2D eigenvalue weighted by Crippen LogP contribution is 2.20. The van der Waals surface area contributed by atoms with Gasteiger partial charge < -0.3 is 9.30 Å². The number of nitrogens with zero attached hydrogens (tertiary/aromatic N) is 1. The molecule has 1 aromatic heterocycles. The summed E-state index contributed by atoms with van der Waals surface area (Å²) >= 11 is 3.28. The molecule has 2 aromatic rings. The minimum Gasteiger partial charge on any atom is -0.494 e. The van der Waals surface area contributed by atoms with Crippen LogP contribution in [0.1, 0.15) is 5.56 Å². The van der Waals surface area contributed by atoms with E-state index in [1.807, 2.05) is 0 Å². The predicted molar refractivity (Wildman–Crippen MR) is 70.5 cm³/mol. The van der Waals surface area contributed by atoms with Crippen LogP contribution in [0.25, 0.3) is 0 Å². The molecule has 0 unspecified atom stereocenters. The number of ether oxygens (including phenoxy) is 1. The van der Waals surface area contributed by atoms with E-state index in [4.69, 9.17) is 4.74 Å². The Hall–Kier alpha value is -1.62. The highest BCUT2D eigenvalue weighted by molar-refractivity contribution is 9.10. The number of hydrogen-bond donors (Lipinski definition) is 0. The summed E-state index contributed by atoms with van der Waals surface area (Å²) < 4.78 is 21.0. The Balaban J connectivity index is 2.40. The summed E-state index contributed by atoms with van der Waals surface area (Å²) in [4.78, 5) is 11.6. The third kappa shape index (κ3) is 2.61. The van der Waals surface area contributed by atoms with Gasteiger partial charge in [-0.25, -0.2) is 4.39 Å². The van der Waals surface area contributed by atoms with Crippen molar-refractivity contribution in [2.24, 2.45) is 0 Å². The summed E-state index contributed by atoms with van der Waals surface area (Å²) in [5, 5.41) is 0. The molecular weight excluding hydrogens is 301 g/mol. The smallest absolute Gasteiger partial charge is 0.250 e. The third-order valence-corrected chi connectivity index (χ3v) is 3.02. The van der Waals surface area contributed by atoms with Gasteiger partial charge in [-0.1, -0.05) is 12.1 Å². The van der Waals surface area contributed by atoms with Gasteiger partial charge >= 0.3 is 0 Å². The molecule has 94 valence electrons. The average Bonchev–Trinajstić information content (AvgIpc) is 2.36. The quantitative estimate of drug-likeness (QED) is 0.873. The molecule has 0 atom stereocenters. The Morgan fingerprint density at radius 3 is 2.83 bits per heavy atom. The van der Waals surface area contributed by atoms with Gasteiger partial charge in [-0.2, -0.15) is 0 Å². The molecule has 0 aliphatic rings. The lowest BCUT2D eigenvalue weighted by atomic mass is 10.2. The summed E-state index contributed by atoms with van der Waals surface area (Å²) in [7, 11) is 1.41. The SMILES string of the molecule is COc1cccc(Cn2cc(Br)ccc2=O)c1F. The first kappa shape index (κ1) is 12.8. The molecule has 1 aromatic carbocycles. The van der Waals surface area contributed by atoms with E-state index in [2.05, 4.69) is 15.9 Å². The number of aromatic nitrogens is 1. The molecule has 0 amide bonds. The van der Waals surface area contributed by atoms with Crippen LogP contribution in [0.2, 0.25) is 0 Å². The Labute approximate surface area is 112 Å². The fraction of sp³-hybridized carbons (Fsp3) is 0.154. The van der Waals surface area contributed by atoms with Crippen molar-refractivity contribution in [2.75, 3.05) is 7.11 Å². The predicted octanol–water partition coefficient (Wildman–Crippen LogP) is 2.81. The summed E-state index contributed by atoms with van der Waals surface area (Å²) in [5.41, 5.74) is 0.231. The molecule has 0 aliphatic carbocycles. The maximum absolute atomic E-state index is 13.9. The van der Waals surface area contributed by atoms with Crippen LogP contribution in [0, 0.1) is 5.82 Å². The molecule has 2 rings (SSSR count). The van der Waals surface area contributed by atoms with Crippen LogP contribution in [0.15, 0.2) is 45.8 Å². The lowest BCUT2D eigenvalue weighted by Gasteiger charge is -2.09. The van der Waals surface area contributed by atoms with E-state index in [9.17, 15) is 9.18 Å². The lowest BCUT2D eigenvalue weighted by molar-refractivity contribution is 0.383. The molecule has 1 heterocycles. The first-order valence-electron chi connectivity index (χ1n) is 5.29. The van der Waals surface area contributed by atoms with Crippen LogP contribution >= 0.6 is 15.9 Å². The minimum absolute atomic E-state index is 0.168. The summed E-state index contributed by atoms with van der Waals surface area (Å²) in [6.07, 6.45) is 1.63. The van der Waals surface area contributed by atoms with Crippen LogP contribution in [0.4, 0.5) is 4.39 Å². The summed E-state index contributed by atoms with van der Waals surface area (Å²) in [6, 6.07) is 7.96. The molecule has 0 saturated carbocycles. The first-order valence-corrected chi connectivity index (χ1v) is 6.08. The molecule has 3 nitrogen and oxygen atoms in total. The highest BCUT2D eigenvalue weighted by Gasteiger charge is 2.09. The Kier molecular flexibility index (Phi) is 3.81. The third-order valence-electron chi connectivity index (χ3n) is 2.55. The van der Waals surface area contributed by atoms with Crippen molar-refractivity contribution in [1.82, 2.24) is 4.57 Å². The van der Waals surface area contributed by atoms with Gasteiger partial charge in [-0.05, 0) is 28.1 Å². The van der Waals surface area contributed by atoms with Crippen molar-refractivity contribution in [3.63, 3.8) is 0 Å². The number of halogens is 2. The molecule has 0 aliphatic heterocycles. The normalized spacial score (nSPS) is 10.4. The van der Waals surface area contributed by atoms with E-state index in [1.165, 1.54) is 17.7 Å². The maximum Gasteiger partial charge on any atom is 0.250 e. The van der Waals surface area contributed by atoms with Crippen LogP contribution in [0.3, 0.4) is 0 Å². The standard InChI is InChI=1S/C13H11BrFNO2/c1-18-11-4-2-3-9(13(11)15)7-16-8-10(14)5-6-12(16)17/h2-6,8H,7H2,1H3. The minimum atomic E-state index is -0.438. The van der Waals surface area contributed by atoms with E-state index in [-0.39, 0.29) is 17.9 Å². The number of pyridine rings is 1. The van der Waals surface area contributed by atoms with E-state index in [0.717, 1.165) is 4.47 Å². The number of rotatable bonds is 3. The van der Waals surface area contributed by atoms with E-state index < -0.39 is 5.82 Å². The molecule has 0 fully saturated rings. The van der Waals surface area contributed by atoms with E-state index in [1.54, 1.807) is 30.5 Å². The van der Waals surface area contributed by atoms with Gasteiger partial charge in [0.15, 0.2) is 11.6 Å². The number of hydrogen-bond acceptors (Lipinski definition) is 2. The molecule has 0 N–H and O–H groups in total. The first-order chi connectivity index (χ1) is 8.61. The van der Waals surface area contributed by atoms with E-state index in [0.29, 0.717) is 5.56 Å². The Bertz CT molecular complexity index is 625. The molecule has 0 radical (unpaired) electrons. The Morgan fingerprint density at radius 2 is 2.11 bits per heavy atom. The molecule has 18 heavy (non-hydrogen) atoms. The average molecular weight is 312 g/mol. The van der Waals surface area contributed by atoms with Crippen LogP contribution in [-0.4, -0.2) is 11.7 Å².